The molecule has 24 heavy (non-hydrogen) atoms. The average Bonchev–Trinajstić information content (AvgIpc) is 3.14. The Morgan fingerprint density at radius 1 is 1.38 bits per heavy atom. The van der Waals surface area contributed by atoms with Crippen LogP contribution in [0.2, 0.25) is 5.02 Å². The van der Waals surface area contributed by atoms with E-state index in [1.807, 2.05) is 13.8 Å². The monoisotopic (exact) mass is 411 g/mol. The van der Waals surface area contributed by atoms with Crippen molar-refractivity contribution in [3.8, 4) is 10.8 Å². The third-order valence-corrected chi connectivity index (χ3v) is 5.37. The Kier molecular flexibility index (Phi) is 6.30. The highest BCUT2D eigenvalue weighted by Crippen LogP contribution is 2.34. The van der Waals surface area contributed by atoms with Crippen molar-refractivity contribution >= 4 is 49.1 Å². The minimum Gasteiger partial charge on any atom is -0.295 e. The number of aryl methyl sites for hydroxylation is 1. The summed E-state index contributed by atoms with van der Waals surface area (Å²) in [5, 5.41) is 0.653. The first-order valence-electron chi connectivity index (χ1n) is 6.89. The highest BCUT2D eigenvalue weighted by Gasteiger charge is 2.19. The molecule has 0 N–H and O–H groups in total. The molecule has 0 bridgehead atoms. The molecule has 10 heteroatoms. The van der Waals surface area contributed by atoms with Crippen LogP contribution in [0.1, 0.15) is 30.8 Å². The third kappa shape index (κ3) is 3.61. The van der Waals surface area contributed by atoms with Gasteiger partial charge in [0.05, 0.1) is 26.0 Å². The van der Waals surface area contributed by atoms with Crippen molar-refractivity contribution in [1.29, 1.82) is 0 Å². The predicted molar refractivity (Wildman–Crippen MR) is 94.6 cm³/mol. The van der Waals surface area contributed by atoms with Crippen LogP contribution in [0.5, 0.6) is 0 Å². The first-order valence-corrected chi connectivity index (χ1v) is 10.1. The van der Waals surface area contributed by atoms with Crippen molar-refractivity contribution < 1.29 is 13.0 Å². The van der Waals surface area contributed by atoms with Gasteiger partial charge in [0, 0.05) is 12.4 Å². The Labute approximate surface area is 153 Å². The van der Waals surface area contributed by atoms with Gasteiger partial charge < -0.3 is 0 Å². The van der Waals surface area contributed by atoms with E-state index in [4.69, 9.17) is 22.3 Å². The zero-order valence-electron chi connectivity index (χ0n) is 12.9. The van der Waals surface area contributed by atoms with Gasteiger partial charge in [0.1, 0.15) is 10.0 Å². The second kappa shape index (κ2) is 7.86. The summed E-state index contributed by atoms with van der Waals surface area (Å²) >= 11 is 7.02. The molecule has 0 radical (unpaired) electrons. The van der Waals surface area contributed by atoms with Crippen molar-refractivity contribution in [3.63, 3.8) is 0 Å². The van der Waals surface area contributed by atoms with Gasteiger partial charge in [-0.2, -0.15) is 0 Å². The summed E-state index contributed by atoms with van der Waals surface area (Å²) in [6.45, 7) is 5.74. The second-order valence-electron chi connectivity index (χ2n) is 4.36. The van der Waals surface area contributed by atoms with Gasteiger partial charge in [-0.05, 0) is 23.7 Å². The quantitative estimate of drug-likeness (QED) is 0.523. The number of hydrogen-bond donors (Lipinski definition) is 0. The van der Waals surface area contributed by atoms with Crippen LogP contribution in [0, 0.1) is 6.92 Å². The summed E-state index contributed by atoms with van der Waals surface area (Å²) in [7, 11) is 3.84. The Bertz CT molecular complexity index is 896. The maximum Gasteiger partial charge on any atom is 0.274 e. The number of pyridine rings is 1. The summed E-state index contributed by atoms with van der Waals surface area (Å²) in [6.07, 6.45) is 0.0445. The molecule has 0 aliphatic heterocycles. The van der Waals surface area contributed by atoms with Gasteiger partial charge in [-0.25, -0.2) is 23.0 Å². The van der Waals surface area contributed by atoms with Crippen LogP contribution >= 0.6 is 33.6 Å². The molecule has 3 aromatic heterocycles. The lowest BCUT2D eigenvalue weighted by Gasteiger charge is -2.03. The lowest BCUT2D eigenvalue weighted by atomic mass is 10.3. The van der Waals surface area contributed by atoms with Crippen molar-refractivity contribution in [3.05, 3.63) is 34.1 Å². The fourth-order valence-corrected chi connectivity index (χ4v) is 3.87. The maximum absolute atomic E-state index is 12.7. The Balaban J connectivity index is 0.00000100. The van der Waals surface area contributed by atoms with Gasteiger partial charge in [-0.1, -0.05) is 25.4 Å². The van der Waals surface area contributed by atoms with E-state index in [1.54, 1.807) is 11.3 Å². The van der Waals surface area contributed by atoms with Gasteiger partial charge >= 0.3 is 0 Å². The normalized spacial score (nSPS) is 12.3. The van der Waals surface area contributed by atoms with Gasteiger partial charge in [0.2, 0.25) is 0 Å². The number of rotatable bonds is 3. The van der Waals surface area contributed by atoms with Gasteiger partial charge in [-0.3, -0.25) is 4.40 Å². The highest BCUT2D eigenvalue weighted by molar-refractivity contribution is 8.08. The summed E-state index contributed by atoms with van der Waals surface area (Å²) in [6, 6.07) is 1.49. The lowest BCUT2D eigenvalue weighted by Crippen LogP contribution is -1.93. The summed E-state index contributed by atoms with van der Waals surface area (Å²) < 4.78 is 38.5. The number of imidazole rings is 1. The Morgan fingerprint density at radius 2 is 2.04 bits per heavy atom. The number of hydrogen-bond acceptors (Lipinski definition) is 4. The molecule has 130 valence electrons. The van der Waals surface area contributed by atoms with Crippen molar-refractivity contribution in [2.24, 2.45) is 0 Å². The van der Waals surface area contributed by atoms with Gasteiger partial charge in [-0.15, -0.1) is 11.3 Å². The summed E-state index contributed by atoms with van der Waals surface area (Å²) in [4.78, 5) is 8.46. The van der Waals surface area contributed by atoms with E-state index in [2.05, 4.69) is 9.97 Å². The lowest BCUT2D eigenvalue weighted by molar-refractivity contribution is 0.155. The molecule has 0 saturated carbocycles. The van der Waals surface area contributed by atoms with E-state index in [-0.39, 0.29) is 4.88 Å². The van der Waals surface area contributed by atoms with E-state index in [1.165, 1.54) is 12.3 Å². The molecule has 4 nitrogen and oxygen atoms in total. The van der Waals surface area contributed by atoms with Crippen LogP contribution in [0.25, 0.3) is 16.3 Å². The van der Waals surface area contributed by atoms with E-state index >= 15 is 0 Å². The summed E-state index contributed by atoms with van der Waals surface area (Å²) in [5.74, 6) is 0.357. The molecule has 0 spiro atoms. The van der Waals surface area contributed by atoms with Crippen molar-refractivity contribution in [1.82, 2.24) is 14.4 Å². The zero-order valence-corrected chi connectivity index (χ0v) is 16.0. The number of aromatic nitrogens is 3. The number of thiazole rings is 1. The van der Waals surface area contributed by atoms with Crippen LogP contribution in [0.3, 0.4) is 0 Å². The fourth-order valence-electron chi connectivity index (χ4n) is 2.05. The molecule has 0 aliphatic rings. The average molecular weight is 412 g/mol. The molecule has 3 aromatic rings. The smallest absolute Gasteiger partial charge is 0.274 e. The maximum atomic E-state index is 12.7. The summed E-state index contributed by atoms with van der Waals surface area (Å²) in [5.41, 5.74) is 1.21. The number of halogens is 4. The van der Waals surface area contributed by atoms with Gasteiger partial charge in [0.15, 0.2) is 10.8 Å². The van der Waals surface area contributed by atoms with Crippen molar-refractivity contribution in [2.45, 2.75) is 32.1 Å². The fraction of sp³-hybridized carbons (Fsp3) is 0.286. The molecule has 0 amide bonds. The molecule has 0 saturated heterocycles. The van der Waals surface area contributed by atoms with Gasteiger partial charge in [0.25, 0.3) is 6.43 Å². The molecule has 3 rings (SSSR count). The Hall–Kier alpha value is -1.09. The van der Waals surface area contributed by atoms with Crippen LogP contribution in [0.4, 0.5) is 8.78 Å². The molecule has 1 unspecified atom stereocenters. The second-order valence-corrected chi connectivity index (χ2v) is 7.58. The Morgan fingerprint density at radius 3 is 2.58 bits per heavy atom. The van der Waals surface area contributed by atoms with Crippen LogP contribution in [-0.2, 0) is 10.0 Å². The zero-order chi connectivity index (χ0) is 18.0. The standard InChI is InChI=1S/C12H7Cl2F2N3OS2.C2H6/c1-5-9-7(13)2-6(22(14)20)4-19(9)11(18-5)12-17-3-8(21-12)10(15)16;1-2/h2-4,10H,1H3;1-2H3. The van der Waals surface area contributed by atoms with E-state index in [0.717, 1.165) is 17.5 Å². The molecular weight excluding hydrogens is 399 g/mol. The number of alkyl halides is 2. The van der Waals surface area contributed by atoms with Crippen LogP contribution in [-0.4, -0.2) is 18.6 Å². The highest BCUT2D eigenvalue weighted by atomic mass is 35.7. The molecule has 3 heterocycles. The minimum atomic E-state index is -2.59. The first-order chi connectivity index (χ1) is 11.4. The third-order valence-electron chi connectivity index (χ3n) is 2.95. The van der Waals surface area contributed by atoms with Crippen molar-refractivity contribution in [2.75, 3.05) is 0 Å². The first kappa shape index (κ1) is 19.2. The van der Waals surface area contributed by atoms with Crippen LogP contribution < -0.4 is 0 Å². The topological polar surface area (TPSA) is 47.3 Å². The van der Waals surface area contributed by atoms with E-state index < -0.39 is 16.4 Å². The molecule has 1 atom stereocenters. The number of nitrogens with zero attached hydrogens (tertiary/aromatic N) is 3. The largest absolute Gasteiger partial charge is 0.295 e. The molecule has 0 fully saturated rings. The SMILES string of the molecule is CC.Cc1nc(-c2ncc(C(F)F)s2)n2cc(S(=O)Cl)cc(Cl)c12. The molecule has 0 aromatic carbocycles. The molecule has 0 aliphatic carbocycles. The number of fused-ring (bicyclic) bond motifs is 1. The van der Waals surface area contributed by atoms with E-state index in [0.29, 0.717) is 32.0 Å². The van der Waals surface area contributed by atoms with E-state index in [9.17, 15) is 13.0 Å². The predicted octanol–water partition coefficient (Wildman–Crippen LogP) is 5.64. The molecular formula is C14H13Cl2F2N3OS2. The van der Waals surface area contributed by atoms with Crippen LogP contribution in [0.15, 0.2) is 23.4 Å². The minimum absolute atomic E-state index is 0.146.